The van der Waals surface area contributed by atoms with Gasteiger partial charge in [0.1, 0.15) is 0 Å². The van der Waals surface area contributed by atoms with Gasteiger partial charge in [0, 0.05) is 0 Å². The molecule has 16 heavy (non-hydrogen) atoms. The lowest BCUT2D eigenvalue weighted by Crippen LogP contribution is -2.23. The minimum absolute atomic E-state index is 0.211. The van der Waals surface area contributed by atoms with Crippen molar-refractivity contribution in [1.82, 2.24) is 0 Å². The molecule has 0 aromatic heterocycles. The maximum atomic E-state index is 9.14. The van der Waals surface area contributed by atoms with Crippen molar-refractivity contribution in [2.24, 2.45) is 17.8 Å². The van der Waals surface area contributed by atoms with Crippen LogP contribution in [0.2, 0.25) is 0 Å². The molecule has 0 bridgehead atoms. The van der Waals surface area contributed by atoms with E-state index in [4.69, 9.17) is 5.11 Å². The van der Waals surface area contributed by atoms with E-state index >= 15 is 0 Å². The predicted octanol–water partition coefficient (Wildman–Crippen LogP) is 3.70. The molecule has 90 valence electrons. The van der Waals surface area contributed by atoms with Crippen LogP contribution in [0, 0.1) is 17.8 Å². The van der Waals surface area contributed by atoms with E-state index in [1.807, 2.05) is 6.92 Å². The van der Waals surface area contributed by atoms with Gasteiger partial charge < -0.3 is 5.11 Å². The lowest BCUT2D eigenvalue weighted by molar-refractivity contribution is 0.296. The first kappa shape index (κ1) is 11.9. The molecule has 1 heteroatoms. The zero-order valence-corrected chi connectivity index (χ0v) is 10.8. The molecule has 3 atom stereocenters. The average molecular weight is 220 g/mol. The molecule has 1 unspecified atom stereocenters. The maximum Gasteiger partial charge on any atom is 0.0639 e. The van der Waals surface area contributed by atoms with Gasteiger partial charge in [0.2, 0.25) is 0 Å². The minimum Gasteiger partial charge on any atom is -0.392 e. The van der Waals surface area contributed by atoms with E-state index in [0.29, 0.717) is 5.92 Å². The Kier molecular flexibility index (Phi) is 3.53. The third kappa shape index (κ3) is 2.10. The smallest absolute Gasteiger partial charge is 0.0639 e. The van der Waals surface area contributed by atoms with E-state index in [1.54, 1.807) is 11.1 Å². The van der Waals surface area contributed by atoms with Crippen molar-refractivity contribution in [3.8, 4) is 0 Å². The second-order valence-corrected chi connectivity index (χ2v) is 5.71. The van der Waals surface area contributed by atoms with Gasteiger partial charge in [0.05, 0.1) is 6.61 Å². The molecular weight excluding hydrogens is 196 g/mol. The largest absolute Gasteiger partial charge is 0.392 e. The molecule has 0 spiro atoms. The van der Waals surface area contributed by atoms with Crippen molar-refractivity contribution in [1.29, 1.82) is 0 Å². The highest BCUT2D eigenvalue weighted by Crippen LogP contribution is 2.48. The van der Waals surface area contributed by atoms with Gasteiger partial charge in [0.25, 0.3) is 0 Å². The molecule has 0 aromatic carbocycles. The van der Waals surface area contributed by atoms with Crippen LogP contribution in [0.5, 0.6) is 0 Å². The average Bonchev–Trinajstić information content (AvgIpc) is 2.66. The fourth-order valence-electron chi connectivity index (χ4n) is 3.54. The van der Waals surface area contributed by atoms with E-state index in [1.165, 1.54) is 25.7 Å². The summed E-state index contributed by atoms with van der Waals surface area (Å²) in [6.45, 7) is 6.96. The highest BCUT2D eigenvalue weighted by Gasteiger charge is 2.35. The SMILES string of the molecule is CC1=C2[C@H](/C=C(\C)CO)CCC(C)[C@H]2CC1. The molecule has 0 radical (unpaired) electrons. The summed E-state index contributed by atoms with van der Waals surface area (Å²) in [4.78, 5) is 0. The highest BCUT2D eigenvalue weighted by molar-refractivity contribution is 5.30. The number of hydrogen-bond acceptors (Lipinski definition) is 1. The van der Waals surface area contributed by atoms with Crippen molar-refractivity contribution in [3.05, 3.63) is 22.8 Å². The number of hydrogen-bond donors (Lipinski definition) is 1. The van der Waals surface area contributed by atoms with Crippen LogP contribution in [-0.2, 0) is 0 Å². The van der Waals surface area contributed by atoms with Crippen LogP contribution in [0.4, 0.5) is 0 Å². The molecule has 0 aliphatic heterocycles. The fourth-order valence-corrected chi connectivity index (χ4v) is 3.54. The quantitative estimate of drug-likeness (QED) is 0.704. The van der Waals surface area contributed by atoms with Crippen LogP contribution >= 0.6 is 0 Å². The Bertz CT molecular complexity index is 324. The Morgan fingerprint density at radius 1 is 1.38 bits per heavy atom. The summed E-state index contributed by atoms with van der Waals surface area (Å²) in [5, 5.41) is 9.14. The van der Waals surface area contributed by atoms with Crippen LogP contribution in [0.3, 0.4) is 0 Å². The van der Waals surface area contributed by atoms with Crippen LogP contribution in [0.15, 0.2) is 22.8 Å². The van der Waals surface area contributed by atoms with Gasteiger partial charge in [-0.25, -0.2) is 0 Å². The third-order valence-corrected chi connectivity index (χ3v) is 4.48. The van der Waals surface area contributed by atoms with E-state index < -0.39 is 0 Å². The molecule has 0 amide bonds. The van der Waals surface area contributed by atoms with Gasteiger partial charge in [-0.1, -0.05) is 29.7 Å². The van der Waals surface area contributed by atoms with Gasteiger partial charge in [-0.2, -0.15) is 0 Å². The van der Waals surface area contributed by atoms with Crippen LogP contribution in [-0.4, -0.2) is 11.7 Å². The zero-order valence-electron chi connectivity index (χ0n) is 10.8. The van der Waals surface area contributed by atoms with Crippen molar-refractivity contribution >= 4 is 0 Å². The summed E-state index contributed by atoms with van der Waals surface area (Å²) in [5.41, 5.74) is 4.47. The maximum absolute atomic E-state index is 9.14. The molecule has 2 aliphatic rings. The summed E-state index contributed by atoms with van der Waals surface area (Å²) in [6.07, 6.45) is 7.60. The Morgan fingerprint density at radius 3 is 2.81 bits per heavy atom. The predicted molar refractivity (Wildman–Crippen MR) is 68.2 cm³/mol. The number of aliphatic hydroxyl groups is 1. The molecule has 1 fully saturated rings. The second kappa shape index (κ2) is 4.75. The van der Waals surface area contributed by atoms with E-state index in [9.17, 15) is 0 Å². The number of rotatable bonds is 2. The second-order valence-electron chi connectivity index (χ2n) is 5.71. The third-order valence-electron chi connectivity index (χ3n) is 4.48. The zero-order chi connectivity index (χ0) is 11.7. The normalized spacial score (nSPS) is 35.5. The molecule has 0 aromatic rings. The Hall–Kier alpha value is -0.560. The van der Waals surface area contributed by atoms with E-state index in [2.05, 4.69) is 19.9 Å². The van der Waals surface area contributed by atoms with Crippen LogP contribution < -0.4 is 0 Å². The standard InChI is InChI=1S/C15H24O/c1-10(9-16)8-13-6-4-11(2)14-7-5-12(3)15(13)14/h8,11,13-14,16H,4-7,9H2,1-3H3/b10-8+/t11?,13-,14+/m0/s1. The number of aliphatic hydroxyl groups excluding tert-OH is 1. The molecule has 2 aliphatic carbocycles. The monoisotopic (exact) mass is 220 g/mol. The summed E-state index contributed by atoms with van der Waals surface area (Å²) in [5.74, 6) is 2.32. The molecule has 1 nitrogen and oxygen atoms in total. The topological polar surface area (TPSA) is 20.2 Å². The van der Waals surface area contributed by atoms with Gasteiger partial charge >= 0.3 is 0 Å². The Labute approximate surface area is 99.3 Å². The molecule has 1 saturated carbocycles. The molecule has 1 N–H and O–H groups in total. The van der Waals surface area contributed by atoms with E-state index in [0.717, 1.165) is 17.4 Å². The summed E-state index contributed by atoms with van der Waals surface area (Å²) >= 11 is 0. The van der Waals surface area contributed by atoms with Crippen molar-refractivity contribution in [2.45, 2.75) is 46.5 Å². The van der Waals surface area contributed by atoms with Gasteiger partial charge in [-0.3, -0.25) is 0 Å². The number of allylic oxidation sites excluding steroid dienone is 3. The highest BCUT2D eigenvalue weighted by atomic mass is 16.3. The van der Waals surface area contributed by atoms with Gasteiger partial charge in [0.15, 0.2) is 0 Å². The minimum atomic E-state index is 0.211. The summed E-state index contributed by atoms with van der Waals surface area (Å²) in [7, 11) is 0. The lowest BCUT2D eigenvalue weighted by Gasteiger charge is -2.34. The van der Waals surface area contributed by atoms with Crippen molar-refractivity contribution in [2.75, 3.05) is 6.61 Å². The fraction of sp³-hybridized carbons (Fsp3) is 0.733. The molecule has 0 saturated heterocycles. The summed E-state index contributed by atoms with van der Waals surface area (Å²) in [6, 6.07) is 0. The first-order valence-corrected chi connectivity index (χ1v) is 6.61. The Morgan fingerprint density at radius 2 is 2.12 bits per heavy atom. The molecule has 0 heterocycles. The molecule has 2 rings (SSSR count). The first-order chi connectivity index (χ1) is 7.63. The Balaban J connectivity index is 2.24. The van der Waals surface area contributed by atoms with Crippen molar-refractivity contribution < 1.29 is 5.11 Å². The molecular formula is C15H24O. The summed E-state index contributed by atoms with van der Waals surface area (Å²) < 4.78 is 0. The first-order valence-electron chi connectivity index (χ1n) is 6.61. The van der Waals surface area contributed by atoms with Gasteiger partial charge in [-0.15, -0.1) is 0 Å². The number of fused-ring (bicyclic) bond motifs is 1. The van der Waals surface area contributed by atoms with Crippen LogP contribution in [0.25, 0.3) is 0 Å². The van der Waals surface area contributed by atoms with Gasteiger partial charge in [-0.05, 0) is 57.3 Å². The van der Waals surface area contributed by atoms with Crippen LogP contribution in [0.1, 0.15) is 46.5 Å². The van der Waals surface area contributed by atoms with E-state index in [-0.39, 0.29) is 6.61 Å². The van der Waals surface area contributed by atoms with Crippen molar-refractivity contribution in [3.63, 3.8) is 0 Å². The lowest BCUT2D eigenvalue weighted by atomic mass is 9.71.